The van der Waals surface area contributed by atoms with Crippen LogP contribution in [0.2, 0.25) is 0 Å². The molecule has 1 atom stereocenters. The smallest absolute Gasteiger partial charge is 0.228 e. The molecule has 0 bridgehead atoms. The fraction of sp³-hybridized carbons (Fsp3) is 0.129. The molecule has 0 unspecified atom stereocenters. The summed E-state index contributed by atoms with van der Waals surface area (Å²) >= 11 is 0. The molecule has 0 aliphatic carbocycles. The molecule has 7 nitrogen and oxygen atoms in total. The average Bonchev–Trinajstić information content (AvgIpc) is 3.38. The van der Waals surface area contributed by atoms with Crippen molar-refractivity contribution in [2.45, 2.75) is 12.3 Å². The van der Waals surface area contributed by atoms with Gasteiger partial charge in [0, 0.05) is 17.9 Å². The summed E-state index contributed by atoms with van der Waals surface area (Å²) in [5.74, 6) is 3.14. The fourth-order valence-corrected chi connectivity index (χ4v) is 5.37. The number of ether oxygens (including phenoxy) is 3. The van der Waals surface area contributed by atoms with E-state index < -0.39 is 0 Å². The summed E-state index contributed by atoms with van der Waals surface area (Å²) in [6.07, 6.45) is 2.30. The number of nitrogens with zero attached hydrogens (tertiary/aromatic N) is 4. The normalized spacial score (nSPS) is 14.1. The minimum absolute atomic E-state index is 0.218. The van der Waals surface area contributed by atoms with E-state index in [1.807, 2.05) is 42.5 Å². The van der Waals surface area contributed by atoms with E-state index in [9.17, 15) is 0 Å². The molecular formula is C31H24N4O3. The third-order valence-electron chi connectivity index (χ3n) is 7.09. The van der Waals surface area contributed by atoms with Gasteiger partial charge in [0.2, 0.25) is 5.88 Å². The van der Waals surface area contributed by atoms with Crippen molar-refractivity contribution in [3.8, 4) is 23.1 Å². The Morgan fingerprint density at radius 1 is 0.842 bits per heavy atom. The first kappa shape index (κ1) is 22.3. The van der Waals surface area contributed by atoms with E-state index in [4.69, 9.17) is 24.3 Å². The van der Waals surface area contributed by atoms with Crippen molar-refractivity contribution in [3.05, 3.63) is 119 Å². The van der Waals surface area contributed by atoms with Gasteiger partial charge in [0.05, 0.1) is 19.8 Å². The molecule has 1 aliphatic heterocycles. The molecule has 2 aromatic heterocycles. The maximum Gasteiger partial charge on any atom is 0.228 e. The van der Waals surface area contributed by atoms with Gasteiger partial charge in [0.25, 0.3) is 0 Å². The summed E-state index contributed by atoms with van der Waals surface area (Å²) in [6, 6.07) is 28.7. The first-order chi connectivity index (χ1) is 18.7. The highest BCUT2D eigenvalue weighted by Gasteiger charge is 2.35. The Labute approximate surface area is 219 Å². The second-order valence-electron chi connectivity index (χ2n) is 9.27. The van der Waals surface area contributed by atoms with E-state index >= 15 is 0 Å². The summed E-state index contributed by atoms with van der Waals surface area (Å²) in [7, 11) is 3.29. The van der Waals surface area contributed by atoms with Crippen LogP contribution in [0.15, 0.2) is 91.3 Å². The molecule has 6 aromatic rings. The van der Waals surface area contributed by atoms with Gasteiger partial charge in [-0.25, -0.2) is 14.5 Å². The van der Waals surface area contributed by atoms with Gasteiger partial charge < -0.3 is 14.2 Å². The van der Waals surface area contributed by atoms with Gasteiger partial charge in [-0.05, 0) is 40.1 Å². The molecule has 38 heavy (non-hydrogen) atoms. The number of methoxy groups -OCH3 is 2. The minimum Gasteiger partial charge on any atom is -0.493 e. The molecule has 3 heterocycles. The second-order valence-corrected chi connectivity index (χ2v) is 9.27. The zero-order valence-electron chi connectivity index (χ0n) is 21.0. The molecule has 7 rings (SSSR count). The highest BCUT2D eigenvalue weighted by atomic mass is 16.5. The number of aromatic nitrogens is 4. The number of rotatable bonds is 5. The summed E-state index contributed by atoms with van der Waals surface area (Å²) < 4.78 is 19.4. The van der Waals surface area contributed by atoms with Crippen LogP contribution in [0.1, 0.15) is 34.0 Å². The quantitative estimate of drug-likeness (QED) is 0.281. The van der Waals surface area contributed by atoms with Crippen molar-refractivity contribution in [1.82, 2.24) is 19.6 Å². The van der Waals surface area contributed by atoms with Gasteiger partial charge in [-0.1, -0.05) is 66.7 Å². The van der Waals surface area contributed by atoms with Crippen molar-refractivity contribution in [2.75, 3.05) is 14.2 Å². The highest BCUT2D eigenvalue weighted by Crippen LogP contribution is 2.51. The molecule has 0 saturated heterocycles. The predicted octanol–water partition coefficient (Wildman–Crippen LogP) is 6.17. The maximum absolute atomic E-state index is 6.43. The lowest BCUT2D eigenvalue weighted by Gasteiger charge is -2.29. The molecule has 0 spiro atoms. The SMILES string of the molecule is COc1ccc([C@H]2c3c(ccc4ccccc34)Oc3ncn4nc(Cc5ccccc5)nc4c32)cc1OC. The Hall–Kier alpha value is -4.91. The van der Waals surface area contributed by atoms with Crippen LogP contribution in [-0.2, 0) is 6.42 Å². The Bertz CT molecular complexity index is 1810. The molecule has 186 valence electrons. The van der Waals surface area contributed by atoms with E-state index in [0.717, 1.165) is 50.2 Å². The fourth-order valence-electron chi connectivity index (χ4n) is 5.37. The van der Waals surface area contributed by atoms with E-state index in [0.29, 0.717) is 23.8 Å². The largest absolute Gasteiger partial charge is 0.493 e. The summed E-state index contributed by atoms with van der Waals surface area (Å²) in [6.45, 7) is 0. The van der Waals surface area contributed by atoms with Crippen LogP contribution in [0.25, 0.3) is 16.4 Å². The molecule has 0 saturated carbocycles. The van der Waals surface area contributed by atoms with Crippen LogP contribution in [0.3, 0.4) is 0 Å². The van der Waals surface area contributed by atoms with E-state index in [2.05, 4.69) is 47.4 Å². The first-order valence-electron chi connectivity index (χ1n) is 12.4. The van der Waals surface area contributed by atoms with Crippen LogP contribution in [0, 0.1) is 0 Å². The first-order valence-corrected chi connectivity index (χ1v) is 12.4. The van der Waals surface area contributed by atoms with Crippen LogP contribution in [-0.4, -0.2) is 33.8 Å². The molecule has 0 N–H and O–H groups in total. The number of hydrogen-bond acceptors (Lipinski definition) is 6. The lowest BCUT2D eigenvalue weighted by Crippen LogP contribution is -2.15. The molecular weight excluding hydrogens is 476 g/mol. The van der Waals surface area contributed by atoms with E-state index in [1.165, 1.54) is 0 Å². The predicted molar refractivity (Wildman–Crippen MR) is 145 cm³/mol. The summed E-state index contributed by atoms with van der Waals surface area (Å²) in [4.78, 5) is 9.68. The van der Waals surface area contributed by atoms with Crippen molar-refractivity contribution in [1.29, 1.82) is 0 Å². The lowest BCUT2D eigenvalue weighted by molar-refractivity contribution is 0.354. The molecule has 0 amide bonds. The number of hydrogen-bond donors (Lipinski definition) is 0. The third-order valence-corrected chi connectivity index (χ3v) is 7.09. The zero-order chi connectivity index (χ0) is 25.6. The average molecular weight is 501 g/mol. The van der Waals surface area contributed by atoms with Gasteiger partial charge in [-0.2, -0.15) is 0 Å². The van der Waals surface area contributed by atoms with Gasteiger partial charge in [-0.15, -0.1) is 5.10 Å². The summed E-state index contributed by atoms with van der Waals surface area (Å²) in [5.41, 5.74) is 4.82. The van der Waals surface area contributed by atoms with Crippen molar-refractivity contribution in [3.63, 3.8) is 0 Å². The van der Waals surface area contributed by atoms with Crippen LogP contribution < -0.4 is 14.2 Å². The Kier molecular flexibility index (Phi) is 5.21. The van der Waals surface area contributed by atoms with E-state index in [1.54, 1.807) is 25.1 Å². The zero-order valence-corrected chi connectivity index (χ0v) is 21.0. The Morgan fingerprint density at radius 3 is 2.50 bits per heavy atom. The van der Waals surface area contributed by atoms with Crippen molar-refractivity contribution >= 4 is 16.4 Å². The maximum atomic E-state index is 6.43. The summed E-state index contributed by atoms with van der Waals surface area (Å²) in [5, 5.41) is 7.01. The van der Waals surface area contributed by atoms with Crippen molar-refractivity contribution < 1.29 is 14.2 Å². The van der Waals surface area contributed by atoms with Crippen LogP contribution in [0.4, 0.5) is 0 Å². The number of fused-ring (bicyclic) bond motifs is 6. The van der Waals surface area contributed by atoms with Gasteiger partial charge in [0.1, 0.15) is 12.1 Å². The molecule has 1 aliphatic rings. The Balaban J connectivity index is 1.49. The molecule has 7 heteroatoms. The van der Waals surface area contributed by atoms with Gasteiger partial charge in [0.15, 0.2) is 23.0 Å². The third kappa shape index (κ3) is 3.55. The highest BCUT2D eigenvalue weighted by molar-refractivity contribution is 5.91. The van der Waals surface area contributed by atoms with Gasteiger partial charge in [-0.3, -0.25) is 0 Å². The van der Waals surface area contributed by atoms with Gasteiger partial charge >= 0.3 is 0 Å². The minimum atomic E-state index is -0.218. The monoisotopic (exact) mass is 500 g/mol. The topological polar surface area (TPSA) is 70.8 Å². The second kappa shape index (κ2) is 8.88. The molecule has 0 fully saturated rings. The molecule has 4 aromatic carbocycles. The lowest BCUT2D eigenvalue weighted by atomic mass is 9.81. The van der Waals surface area contributed by atoms with E-state index in [-0.39, 0.29) is 5.92 Å². The van der Waals surface area contributed by atoms with Crippen LogP contribution in [0.5, 0.6) is 23.1 Å². The Morgan fingerprint density at radius 2 is 1.66 bits per heavy atom. The number of benzene rings is 4. The van der Waals surface area contributed by atoms with Crippen molar-refractivity contribution in [2.24, 2.45) is 0 Å². The van der Waals surface area contributed by atoms with Crippen LogP contribution >= 0.6 is 0 Å². The standard InChI is InChI=1S/C31H24N4O3/c1-36-23-14-13-21(17-25(23)37-2)27-28-22-11-7-6-10-20(22)12-15-24(28)38-31-29(27)30-33-26(34-35(30)18-32-31)16-19-8-4-3-5-9-19/h3-15,17-18,27H,16H2,1-2H3/t27-/m0/s1. The molecule has 0 radical (unpaired) electrons.